The zero-order chi connectivity index (χ0) is 12.3. The maximum Gasteiger partial charge on any atom is 0.244 e. The van der Waals surface area contributed by atoms with E-state index in [-0.39, 0.29) is 0 Å². The molecule has 0 amide bonds. The normalized spacial score (nSPS) is 22.8. The quantitative estimate of drug-likeness (QED) is 0.833. The summed E-state index contributed by atoms with van der Waals surface area (Å²) in [6.45, 7) is 9.58. The first kappa shape index (κ1) is 12.4. The van der Waals surface area contributed by atoms with Gasteiger partial charge in [-0.2, -0.15) is 4.98 Å². The Morgan fingerprint density at radius 3 is 3.06 bits per heavy atom. The lowest BCUT2D eigenvalue weighted by Gasteiger charge is -2.30. The molecule has 0 bridgehead atoms. The van der Waals surface area contributed by atoms with Crippen LogP contribution in [0.25, 0.3) is 0 Å². The minimum atomic E-state index is 0.474. The third-order valence-electron chi connectivity index (χ3n) is 3.33. The summed E-state index contributed by atoms with van der Waals surface area (Å²) in [5.74, 6) is 2.35. The molecule has 1 aliphatic heterocycles. The smallest absolute Gasteiger partial charge is 0.244 e. The molecule has 1 aromatic rings. The Kier molecular flexibility index (Phi) is 3.99. The Hall–Kier alpha value is -1.10. The molecule has 17 heavy (non-hydrogen) atoms. The van der Waals surface area contributed by atoms with E-state index in [0.29, 0.717) is 12.0 Å². The average molecular weight is 237 g/mol. The second-order valence-corrected chi connectivity index (χ2v) is 5.01. The summed E-state index contributed by atoms with van der Waals surface area (Å²) in [5, 5.41) is 10.8. The van der Waals surface area contributed by atoms with Crippen LogP contribution in [0.15, 0.2) is 0 Å². The number of nitrogens with zero attached hydrogens (tertiary/aromatic N) is 3. The van der Waals surface area contributed by atoms with Crippen LogP contribution in [0, 0.1) is 0 Å². The summed E-state index contributed by atoms with van der Waals surface area (Å²) in [5.41, 5.74) is 0. The van der Waals surface area contributed by atoms with E-state index >= 15 is 0 Å². The molecule has 5 nitrogen and oxygen atoms in total. The summed E-state index contributed by atoms with van der Waals surface area (Å²) in [6, 6.07) is 0.513. The second-order valence-electron chi connectivity index (χ2n) is 5.01. The van der Waals surface area contributed by atoms with Gasteiger partial charge in [-0.3, -0.25) is 5.10 Å². The van der Waals surface area contributed by atoms with Crippen molar-refractivity contribution in [2.75, 3.05) is 24.5 Å². The molecule has 0 aromatic carbocycles. The van der Waals surface area contributed by atoms with E-state index in [1.165, 1.54) is 6.42 Å². The lowest BCUT2D eigenvalue weighted by atomic mass is 10.1. The first-order valence-electron chi connectivity index (χ1n) is 6.61. The number of anilines is 1. The molecule has 5 heteroatoms. The molecule has 0 radical (unpaired) electrons. The van der Waals surface area contributed by atoms with Gasteiger partial charge in [0.1, 0.15) is 5.82 Å². The molecule has 2 heterocycles. The fourth-order valence-corrected chi connectivity index (χ4v) is 2.31. The molecule has 2 unspecified atom stereocenters. The predicted octanol–water partition coefficient (Wildman–Crippen LogP) is 1.51. The van der Waals surface area contributed by atoms with Crippen LogP contribution in [-0.2, 0) is 0 Å². The molecule has 1 saturated heterocycles. The Morgan fingerprint density at radius 2 is 2.35 bits per heavy atom. The molecular formula is C12H23N5. The number of nitrogens with one attached hydrogen (secondary N) is 2. The SMILES string of the molecule is CCCC(C)c1nc(N2CCNC(C)C2)n[nH]1. The van der Waals surface area contributed by atoms with Gasteiger partial charge in [-0.05, 0) is 13.3 Å². The zero-order valence-corrected chi connectivity index (χ0v) is 11.0. The van der Waals surface area contributed by atoms with Crippen LogP contribution >= 0.6 is 0 Å². The van der Waals surface area contributed by atoms with Crippen molar-refractivity contribution >= 4 is 5.95 Å². The van der Waals surface area contributed by atoms with Gasteiger partial charge in [0.15, 0.2) is 0 Å². The Labute approximate surface area is 103 Å². The van der Waals surface area contributed by atoms with Gasteiger partial charge in [0.05, 0.1) is 0 Å². The highest BCUT2D eigenvalue weighted by Gasteiger charge is 2.20. The molecular weight excluding hydrogens is 214 g/mol. The summed E-state index contributed by atoms with van der Waals surface area (Å²) in [6.07, 6.45) is 2.34. The van der Waals surface area contributed by atoms with Crippen LogP contribution in [0.1, 0.15) is 45.4 Å². The third kappa shape index (κ3) is 2.97. The Balaban J connectivity index is 2.02. The van der Waals surface area contributed by atoms with Crippen molar-refractivity contribution in [1.29, 1.82) is 0 Å². The molecule has 96 valence electrons. The lowest BCUT2D eigenvalue weighted by molar-refractivity contribution is 0.479. The second kappa shape index (κ2) is 5.49. The molecule has 2 rings (SSSR count). The molecule has 1 aliphatic rings. The topological polar surface area (TPSA) is 56.8 Å². The maximum atomic E-state index is 4.62. The van der Waals surface area contributed by atoms with Gasteiger partial charge in [-0.15, -0.1) is 5.10 Å². The monoisotopic (exact) mass is 237 g/mol. The molecule has 0 spiro atoms. The van der Waals surface area contributed by atoms with Crippen molar-refractivity contribution in [3.8, 4) is 0 Å². The number of hydrogen-bond acceptors (Lipinski definition) is 4. The van der Waals surface area contributed by atoms with Gasteiger partial charge in [0, 0.05) is 31.6 Å². The van der Waals surface area contributed by atoms with Gasteiger partial charge >= 0.3 is 0 Å². The standard InChI is InChI=1S/C12H23N5/c1-4-5-9(2)11-14-12(16-15-11)17-7-6-13-10(3)8-17/h9-10,13H,4-8H2,1-3H3,(H,14,15,16). The van der Waals surface area contributed by atoms with Crippen molar-refractivity contribution < 1.29 is 0 Å². The van der Waals surface area contributed by atoms with Crippen LogP contribution in [0.4, 0.5) is 5.95 Å². The van der Waals surface area contributed by atoms with Crippen molar-refractivity contribution in [3.63, 3.8) is 0 Å². The highest BCUT2D eigenvalue weighted by molar-refractivity contribution is 5.30. The fourth-order valence-electron chi connectivity index (χ4n) is 2.31. The van der Waals surface area contributed by atoms with Gasteiger partial charge in [-0.1, -0.05) is 20.3 Å². The molecule has 2 N–H and O–H groups in total. The highest BCUT2D eigenvalue weighted by Crippen LogP contribution is 2.19. The minimum absolute atomic E-state index is 0.474. The van der Waals surface area contributed by atoms with Gasteiger partial charge in [0.25, 0.3) is 0 Å². The molecule has 1 aromatic heterocycles. The largest absolute Gasteiger partial charge is 0.337 e. The summed E-state index contributed by atoms with van der Waals surface area (Å²) < 4.78 is 0. The third-order valence-corrected chi connectivity index (χ3v) is 3.33. The number of hydrogen-bond donors (Lipinski definition) is 2. The van der Waals surface area contributed by atoms with Gasteiger partial charge < -0.3 is 10.2 Å². The van der Waals surface area contributed by atoms with Crippen molar-refractivity contribution in [3.05, 3.63) is 5.82 Å². The van der Waals surface area contributed by atoms with Gasteiger partial charge in [0.2, 0.25) is 5.95 Å². The van der Waals surface area contributed by atoms with Crippen LogP contribution in [0.2, 0.25) is 0 Å². The maximum absolute atomic E-state index is 4.62. The Morgan fingerprint density at radius 1 is 1.53 bits per heavy atom. The minimum Gasteiger partial charge on any atom is -0.337 e. The Bertz CT molecular complexity index is 348. The van der Waals surface area contributed by atoms with E-state index in [2.05, 4.69) is 46.2 Å². The van der Waals surface area contributed by atoms with Crippen molar-refractivity contribution in [2.24, 2.45) is 0 Å². The van der Waals surface area contributed by atoms with E-state index in [4.69, 9.17) is 0 Å². The first-order chi connectivity index (χ1) is 8.20. The van der Waals surface area contributed by atoms with Gasteiger partial charge in [-0.25, -0.2) is 0 Å². The van der Waals surface area contributed by atoms with Crippen LogP contribution < -0.4 is 10.2 Å². The van der Waals surface area contributed by atoms with E-state index in [1.807, 2.05) is 0 Å². The van der Waals surface area contributed by atoms with E-state index in [1.54, 1.807) is 0 Å². The van der Waals surface area contributed by atoms with Crippen molar-refractivity contribution in [1.82, 2.24) is 20.5 Å². The lowest BCUT2D eigenvalue weighted by Crippen LogP contribution is -2.49. The first-order valence-corrected chi connectivity index (χ1v) is 6.61. The number of aromatic amines is 1. The van der Waals surface area contributed by atoms with Crippen molar-refractivity contribution in [2.45, 2.75) is 45.6 Å². The van der Waals surface area contributed by atoms with E-state index in [9.17, 15) is 0 Å². The molecule has 0 saturated carbocycles. The van der Waals surface area contributed by atoms with Crippen LogP contribution in [-0.4, -0.2) is 40.9 Å². The number of rotatable bonds is 4. The average Bonchev–Trinajstić information content (AvgIpc) is 2.78. The fraction of sp³-hybridized carbons (Fsp3) is 0.833. The summed E-state index contributed by atoms with van der Waals surface area (Å²) in [4.78, 5) is 6.87. The molecule has 1 fully saturated rings. The molecule has 0 aliphatic carbocycles. The van der Waals surface area contributed by atoms with Crippen LogP contribution in [0.5, 0.6) is 0 Å². The number of aromatic nitrogens is 3. The van der Waals surface area contributed by atoms with Crippen LogP contribution in [0.3, 0.4) is 0 Å². The summed E-state index contributed by atoms with van der Waals surface area (Å²) >= 11 is 0. The predicted molar refractivity (Wildman–Crippen MR) is 69.4 cm³/mol. The molecule has 2 atom stereocenters. The van der Waals surface area contributed by atoms with E-state index in [0.717, 1.165) is 37.8 Å². The van der Waals surface area contributed by atoms with E-state index < -0.39 is 0 Å². The summed E-state index contributed by atoms with van der Waals surface area (Å²) in [7, 11) is 0. The highest BCUT2D eigenvalue weighted by atomic mass is 15.4. The number of piperazine rings is 1. The zero-order valence-electron chi connectivity index (χ0n) is 11.0. The number of H-pyrrole nitrogens is 1.